The van der Waals surface area contributed by atoms with Crippen molar-refractivity contribution in [2.24, 2.45) is 0 Å². The van der Waals surface area contributed by atoms with Crippen molar-refractivity contribution in [3.8, 4) is 5.75 Å². The number of amides is 1. The Labute approximate surface area is 204 Å². The fraction of sp³-hybridized carbons (Fsp3) is 0.286. The lowest BCUT2D eigenvalue weighted by atomic mass is 9.85. The van der Waals surface area contributed by atoms with Crippen LogP contribution in [-0.4, -0.2) is 28.8 Å². The Morgan fingerprint density at radius 1 is 1.09 bits per heavy atom. The smallest absolute Gasteiger partial charge is 0.295 e. The molecule has 1 fully saturated rings. The molecule has 0 bridgehead atoms. The molecule has 0 aliphatic carbocycles. The Bertz CT molecular complexity index is 1270. The predicted octanol–water partition coefficient (Wildman–Crippen LogP) is 5.98. The number of aliphatic hydroxyl groups is 1. The van der Waals surface area contributed by atoms with Crippen molar-refractivity contribution in [3.63, 3.8) is 0 Å². The van der Waals surface area contributed by atoms with Gasteiger partial charge in [0.2, 0.25) is 0 Å². The topological polar surface area (TPSA) is 66.8 Å². The van der Waals surface area contributed by atoms with E-state index >= 15 is 0 Å². The van der Waals surface area contributed by atoms with Crippen LogP contribution in [0.15, 0.2) is 65.6 Å². The van der Waals surface area contributed by atoms with Gasteiger partial charge in [-0.3, -0.25) is 9.59 Å². The first-order valence-electron chi connectivity index (χ1n) is 11.2. The van der Waals surface area contributed by atoms with Crippen LogP contribution in [-0.2, 0) is 21.5 Å². The van der Waals surface area contributed by atoms with Crippen molar-refractivity contribution in [2.45, 2.75) is 45.7 Å². The van der Waals surface area contributed by atoms with E-state index in [-0.39, 0.29) is 23.3 Å². The van der Waals surface area contributed by atoms with Crippen molar-refractivity contribution in [1.29, 1.82) is 0 Å². The number of hydrogen-bond donors (Lipinski definition) is 1. The van der Waals surface area contributed by atoms with E-state index < -0.39 is 17.7 Å². The van der Waals surface area contributed by atoms with Crippen molar-refractivity contribution in [1.82, 2.24) is 4.90 Å². The standard InChI is InChI=1S/C28H29NO4S/c1-17-9-6-7-11-20(17)24-23(26(31)27(32)29(24)16-19-10-8-14-34-19)25(30)21-15-18(28(2,3)4)12-13-22(21)33-5/h6-15,24,30H,16H2,1-5H3/b25-23+. The average Bonchev–Trinajstić information content (AvgIpc) is 3.40. The summed E-state index contributed by atoms with van der Waals surface area (Å²) < 4.78 is 5.53. The Balaban J connectivity index is 1.95. The van der Waals surface area contributed by atoms with E-state index in [0.29, 0.717) is 11.3 Å². The lowest BCUT2D eigenvalue weighted by Crippen LogP contribution is -2.29. The molecular weight excluding hydrogens is 446 g/mol. The van der Waals surface area contributed by atoms with Gasteiger partial charge in [-0.05, 0) is 52.6 Å². The molecule has 6 heteroatoms. The molecule has 1 unspecified atom stereocenters. The molecule has 0 radical (unpaired) electrons. The summed E-state index contributed by atoms with van der Waals surface area (Å²) in [6, 6.07) is 16.4. The summed E-state index contributed by atoms with van der Waals surface area (Å²) in [5.41, 5.74) is 3.04. The predicted molar refractivity (Wildman–Crippen MR) is 135 cm³/mol. The highest BCUT2D eigenvalue weighted by Gasteiger charge is 2.46. The van der Waals surface area contributed by atoms with Gasteiger partial charge in [-0.15, -0.1) is 11.3 Å². The van der Waals surface area contributed by atoms with E-state index in [1.807, 2.05) is 60.8 Å². The van der Waals surface area contributed by atoms with E-state index in [1.54, 1.807) is 11.0 Å². The molecule has 1 atom stereocenters. The molecule has 4 rings (SSSR count). The molecule has 3 aromatic rings. The number of benzene rings is 2. The second-order valence-corrected chi connectivity index (χ2v) is 10.6. The molecule has 0 spiro atoms. The van der Waals surface area contributed by atoms with Crippen LogP contribution in [0.4, 0.5) is 0 Å². The van der Waals surface area contributed by atoms with Gasteiger partial charge in [-0.1, -0.05) is 57.2 Å². The van der Waals surface area contributed by atoms with Crippen LogP contribution >= 0.6 is 11.3 Å². The van der Waals surface area contributed by atoms with Gasteiger partial charge in [-0.25, -0.2) is 0 Å². The lowest BCUT2D eigenvalue weighted by molar-refractivity contribution is -0.140. The molecule has 2 heterocycles. The number of nitrogens with zero attached hydrogens (tertiary/aromatic N) is 1. The van der Waals surface area contributed by atoms with E-state index in [2.05, 4.69) is 20.8 Å². The highest BCUT2D eigenvalue weighted by molar-refractivity contribution is 7.09. The number of aryl methyl sites for hydroxylation is 1. The fourth-order valence-corrected chi connectivity index (χ4v) is 5.04. The number of hydrogen-bond acceptors (Lipinski definition) is 5. The summed E-state index contributed by atoms with van der Waals surface area (Å²) in [7, 11) is 1.52. The summed E-state index contributed by atoms with van der Waals surface area (Å²) >= 11 is 1.53. The quantitative estimate of drug-likeness (QED) is 0.280. The molecule has 34 heavy (non-hydrogen) atoms. The molecule has 2 aromatic carbocycles. The van der Waals surface area contributed by atoms with Gasteiger partial charge in [0.15, 0.2) is 0 Å². The van der Waals surface area contributed by atoms with Gasteiger partial charge in [-0.2, -0.15) is 0 Å². The van der Waals surface area contributed by atoms with E-state index in [4.69, 9.17) is 4.74 Å². The Hall–Kier alpha value is -3.38. The third-order valence-electron chi connectivity index (χ3n) is 6.25. The summed E-state index contributed by atoms with van der Waals surface area (Å²) in [5.74, 6) is -1.08. The number of methoxy groups -OCH3 is 1. The minimum Gasteiger partial charge on any atom is -0.507 e. The molecule has 1 amide bonds. The van der Waals surface area contributed by atoms with Crippen LogP contribution in [0.2, 0.25) is 0 Å². The fourth-order valence-electron chi connectivity index (χ4n) is 4.34. The number of rotatable bonds is 5. The van der Waals surface area contributed by atoms with Crippen LogP contribution in [0.5, 0.6) is 5.75 Å². The summed E-state index contributed by atoms with van der Waals surface area (Å²) in [6.07, 6.45) is 0. The molecule has 5 nitrogen and oxygen atoms in total. The number of likely N-dealkylation sites (tertiary alicyclic amines) is 1. The largest absolute Gasteiger partial charge is 0.507 e. The monoisotopic (exact) mass is 475 g/mol. The lowest BCUT2D eigenvalue weighted by Gasteiger charge is -2.26. The third-order valence-corrected chi connectivity index (χ3v) is 7.11. The van der Waals surface area contributed by atoms with E-state index in [1.165, 1.54) is 18.4 Å². The highest BCUT2D eigenvalue weighted by atomic mass is 32.1. The van der Waals surface area contributed by atoms with Gasteiger partial charge in [0.25, 0.3) is 11.7 Å². The molecule has 1 aliphatic rings. The van der Waals surface area contributed by atoms with E-state index in [9.17, 15) is 14.7 Å². The summed E-state index contributed by atoms with van der Waals surface area (Å²) in [4.78, 5) is 29.2. The zero-order valence-electron chi connectivity index (χ0n) is 20.1. The summed E-state index contributed by atoms with van der Waals surface area (Å²) in [5, 5.41) is 13.5. The Morgan fingerprint density at radius 2 is 1.82 bits per heavy atom. The van der Waals surface area contributed by atoms with Crippen LogP contribution in [0, 0.1) is 6.92 Å². The highest BCUT2D eigenvalue weighted by Crippen LogP contribution is 2.43. The van der Waals surface area contributed by atoms with Gasteiger partial charge < -0.3 is 14.7 Å². The normalized spacial score (nSPS) is 17.9. The second kappa shape index (κ2) is 9.11. The first-order valence-corrected chi connectivity index (χ1v) is 12.1. The zero-order chi connectivity index (χ0) is 24.6. The van der Waals surface area contributed by atoms with Crippen molar-refractivity contribution >= 4 is 28.8 Å². The van der Waals surface area contributed by atoms with E-state index in [0.717, 1.165) is 21.6 Å². The molecular formula is C28H29NO4S. The number of ether oxygens (including phenoxy) is 1. The first-order chi connectivity index (χ1) is 16.1. The summed E-state index contributed by atoms with van der Waals surface area (Å²) in [6.45, 7) is 8.46. The molecule has 1 aliphatic heterocycles. The zero-order valence-corrected chi connectivity index (χ0v) is 20.9. The molecule has 1 N–H and O–H groups in total. The van der Waals surface area contributed by atoms with Crippen LogP contribution < -0.4 is 4.74 Å². The number of Topliss-reactive ketones (excluding diaryl/α,β-unsaturated/α-hetero) is 1. The maximum absolute atomic E-state index is 13.4. The van der Waals surface area contributed by atoms with Gasteiger partial charge >= 0.3 is 0 Å². The van der Waals surface area contributed by atoms with Crippen LogP contribution in [0.25, 0.3) is 5.76 Å². The van der Waals surface area contributed by atoms with Crippen molar-refractivity contribution in [2.75, 3.05) is 7.11 Å². The SMILES string of the molecule is COc1ccc(C(C)(C)C)cc1/C(O)=C1\C(=O)C(=O)N(Cc2cccs2)C1c1ccccc1C. The second-order valence-electron chi connectivity index (χ2n) is 9.53. The number of thiophene rings is 1. The van der Waals surface area contributed by atoms with Gasteiger partial charge in [0, 0.05) is 4.88 Å². The number of carbonyl (C=O) groups excluding carboxylic acids is 2. The van der Waals surface area contributed by atoms with Gasteiger partial charge in [0.1, 0.15) is 11.5 Å². The Kier molecular flexibility index (Phi) is 6.36. The minimum atomic E-state index is -0.703. The molecule has 1 saturated heterocycles. The number of carbonyl (C=O) groups is 2. The first kappa shape index (κ1) is 23.8. The maximum Gasteiger partial charge on any atom is 0.295 e. The number of aliphatic hydroxyl groups excluding tert-OH is 1. The van der Waals surface area contributed by atoms with Crippen LogP contribution in [0.3, 0.4) is 0 Å². The van der Waals surface area contributed by atoms with Gasteiger partial charge in [0.05, 0.1) is 30.8 Å². The third kappa shape index (κ3) is 4.26. The maximum atomic E-state index is 13.4. The molecule has 1 aromatic heterocycles. The Morgan fingerprint density at radius 3 is 2.44 bits per heavy atom. The minimum absolute atomic E-state index is 0.0835. The van der Waals surface area contributed by atoms with Crippen LogP contribution in [0.1, 0.15) is 53.9 Å². The van der Waals surface area contributed by atoms with Crippen molar-refractivity contribution in [3.05, 3.63) is 92.7 Å². The average molecular weight is 476 g/mol. The number of ketones is 1. The van der Waals surface area contributed by atoms with Crippen molar-refractivity contribution < 1.29 is 19.4 Å². The molecule has 176 valence electrons. The molecule has 0 saturated carbocycles.